The van der Waals surface area contributed by atoms with Crippen molar-refractivity contribution in [2.75, 3.05) is 6.54 Å². The average molecular weight is 254 g/mol. The monoisotopic (exact) mass is 254 g/mol. The highest BCUT2D eigenvalue weighted by molar-refractivity contribution is 5.90. The fourth-order valence-electron chi connectivity index (χ4n) is 3.30. The number of hydrogen-bond donors (Lipinski definition) is 2. The highest BCUT2D eigenvalue weighted by Gasteiger charge is 2.45. The number of aliphatic carboxylic acids is 1. The number of carbonyl (C=O) groups is 2. The largest absolute Gasteiger partial charge is 0.480 e. The Labute approximate surface area is 107 Å². The molecule has 1 aliphatic carbocycles. The summed E-state index contributed by atoms with van der Waals surface area (Å²) in [5.41, 5.74) is 5.34. The second-order valence-electron chi connectivity index (χ2n) is 5.76. The van der Waals surface area contributed by atoms with E-state index >= 15 is 0 Å². The normalized spacial score (nSPS) is 31.3. The molecule has 2 unspecified atom stereocenters. The zero-order valence-corrected chi connectivity index (χ0v) is 10.9. The molecule has 2 aliphatic rings. The number of rotatable bonds is 2. The molecule has 1 aliphatic heterocycles. The molecule has 1 saturated carbocycles. The van der Waals surface area contributed by atoms with Crippen LogP contribution in [0.4, 0.5) is 0 Å². The van der Waals surface area contributed by atoms with E-state index in [4.69, 9.17) is 5.73 Å². The van der Waals surface area contributed by atoms with Crippen molar-refractivity contribution in [3.8, 4) is 0 Å². The summed E-state index contributed by atoms with van der Waals surface area (Å²) in [6.45, 7) is 2.43. The summed E-state index contributed by atoms with van der Waals surface area (Å²) in [5.74, 6) is -1.05. The topological polar surface area (TPSA) is 83.6 Å². The molecule has 102 valence electrons. The van der Waals surface area contributed by atoms with Crippen LogP contribution >= 0.6 is 0 Å². The van der Waals surface area contributed by atoms with Gasteiger partial charge in [0, 0.05) is 6.54 Å². The van der Waals surface area contributed by atoms with Crippen molar-refractivity contribution in [3.63, 3.8) is 0 Å². The molecule has 5 heteroatoms. The number of hydrogen-bond acceptors (Lipinski definition) is 3. The molecule has 5 nitrogen and oxygen atoms in total. The Bertz CT molecular complexity index is 350. The molecule has 1 saturated heterocycles. The fraction of sp³-hybridized carbons (Fsp3) is 0.846. The Kier molecular flexibility index (Phi) is 3.61. The summed E-state index contributed by atoms with van der Waals surface area (Å²) < 4.78 is 0. The Hall–Kier alpha value is -1.10. The first-order valence-electron chi connectivity index (χ1n) is 6.78. The first-order valence-corrected chi connectivity index (χ1v) is 6.78. The van der Waals surface area contributed by atoms with Gasteiger partial charge in [-0.25, -0.2) is 4.79 Å². The van der Waals surface area contributed by atoms with Crippen LogP contribution < -0.4 is 5.73 Å². The maximum atomic E-state index is 12.5. The minimum absolute atomic E-state index is 0.00482. The van der Waals surface area contributed by atoms with Crippen LogP contribution in [-0.2, 0) is 9.59 Å². The van der Waals surface area contributed by atoms with Gasteiger partial charge in [0.1, 0.15) is 6.04 Å². The predicted molar refractivity (Wildman–Crippen MR) is 66.9 cm³/mol. The fourth-order valence-corrected chi connectivity index (χ4v) is 3.30. The zero-order chi connectivity index (χ0) is 13.3. The van der Waals surface area contributed by atoms with E-state index in [-0.39, 0.29) is 11.8 Å². The lowest BCUT2D eigenvalue weighted by Crippen LogP contribution is -2.61. The highest BCUT2D eigenvalue weighted by Crippen LogP contribution is 2.32. The summed E-state index contributed by atoms with van der Waals surface area (Å²) in [5, 5.41) is 9.32. The summed E-state index contributed by atoms with van der Waals surface area (Å²) in [4.78, 5) is 25.4. The maximum Gasteiger partial charge on any atom is 0.326 e. The van der Waals surface area contributed by atoms with Gasteiger partial charge < -0.3 is 15.7 Å². The molecule has 0 aromatic carbocycles. The van der Waals surface area contributed by atoms with E-state index in [1.807, 2.05) is 6.92 Å². The molecule has 2 fully saturated rings. The van der Waals surface area contributed by atoms with Gasteiger partial charge in [-0.3, -0.25) is 4.79 Å². The molecule has 1 amide bonds. The lowest BCUT2D eigenvalue weighted by molar-refractivity contribution is -0.157. The number of carboxylic acid groups (broad SMARTS) is 1. The van der Waals surface area contributed by atoms with Gasteiger partial charge in [0.15, 0.2) is 0 Å². The van der Waals surface area contributed by atoms with E-state index in [0.717, 1.165) is 25.7 Å². The van der Waals surface area contributed by atoms with Crippen molar-refractivity contribution in [3.05, 3.63) is 0 Å². The molecule has 0 aromatic rings. The molecular weight excluding hydrogens is 232 g/mol. The summed E-state index contributed by atoms with van der Waals surface area (Å²) in [6.07, 6.45) is 5.02. The van der Waals surface area contributed by atoms with Crippen LogP contribution in [0.3, 0.4) is 0 Å². The molecule has 0 spiro atoms. The zero-order valence-electron chi connectivity index (χ0n) is 10.9. The van der Waals surface area contributed by atoms with Crippen molar-refractivity contribution in [1.29, 1.82) is 0 Å². The van der Waals surface area contributed by atoms with Crippen molar-refractivity contribution in [1.82, 2.24) is 4.90 Å². The van der Waals surface area contributed by atoms with Gasteiger partial charge in [0.05, 0.1) is 5.54 Å². The number of piperidine rings is 1. The SMILES string of the molecule is CC1CCCN(C(=O)C2(N)CCCC2)C1C(=O)O. The lowest BCUT2D eigenvalue weighted by atomic mass is 9.87. The van der Waals surface area contributed by atoms with Crippen LogP contribution in [0.15, 0.2) is 0 Å². The van der Waals surface area contributed by atoms with Crippen LogP contribution in [0.1, 0.15) is 45.4 Å². The van der Waals surface area contributed by atoms with Gasteiger partial charge in [-0.15, -0.1) is 0 Å². The van der Waals surface area contributed by atoms with E-state index in [1.165, 1.54) is 4.90 Å². The van der Waals surface area contributed by atoms with E-state index < -0.39 is 17.6 Å². The molecule has 3 N–H and O–H groups in total. The van der Waals surface area contributed by atoms with E-state index in [1.54, 1.807) is 0 Å². The third kappa shape index (κ3) is 2.23. The van der Waals surface area contributed by atoms with Crippen molar-refractivity contribution in [2.45, 2.75) is 57.0 Å². The molecule has 0 aromatic heterocycles. The minimum atomic E-state index is -0.905. The third-order valence-electron chi connectivity index (χ3n) is 4.37. The molecule has 2 rings (SSSR count). The van der Waals surface area contributed by atoms with E-state index in [0.29, 0.717) is 19.4 Å². The Morgan fingerprint density at radius 3 is 2.44 bits per heavy atom. The first-order chi connectivity index (χ1) is 8.46. The van der Waals surface area contributed by atoms with Crippen LogP contribution in [-0.4, -0.2) is 40.0 Å². The van der Waals surface area contributed by atoms with Gasteiger partial charge in [-0.2, -0.15) is 0 Å². The number of nitrogens with two attached hydrogens (primary N) is 1. The number of nitrogens with zero attached hydrogens (tertiary/aromatic N) is 1. The van der Waals surface area contributed by atoms with Crippen LogP contribution in [0.25, 0.3) is 0 Å². The molecule has 0 radical (unpaired) electrons. The molecule has 1 heterocycles. The van der Waals surface area contributed by atoms with Crippen molar-refractivity contribution in [2.24, 2.45) is 11.7 Å². The van der Waals surface area contributed by atoms with Crippen molar-refractivity contribution < 1.29 is 14.7 Å². The summed E-state index contributed by atoms with van der Waals surface area (Å²) >= 11 is 0. The Morgan fingerprint density at radius 1 is 1.28 bits per heavy atom. The van der Waals surface area contributed by atoms with Gasteiger partial charge in [-0.1, -0.05) is 19.8 Å². The van der Waals surface area contributed by atoms with E-state index in [9.17, 15) is 14.7 Å². The third-order valence-corrected chi connectivity index (χ3v) is 4.37. The summed E-state index contributed by atoms with van der Waals surface area (Å²) in [7, 11) is 0. The maximum absolute atomic E-state index is 12.5. The standard InChI is InChI=1S/C13H22N2O3/c1-9-5-4-8-15(10(9)11(16)17)12(18)13(14)6-2-3-7-13/h9-10H,2-8,14H2,1H3,(H,16,17). The van der Waals surface area contributed by atoms with Gasteiger partial charge in [0.2, 0.25) is 5.91 Å². The predicted octanol–water partition coefficient (Wildman–Crippen LogP) is 0.970. The minimum Gasteiger partial charge on any atom is -0.480 e. The van der Waals surface area contributed by atoms with Gasteiger partial charge in [-0.05, 0) is 31.6 Å². The second kappa shape index (κ2) is 4.88. The lowest BCUT2D eigenvalue weighted by Gasteiger charge is -2.41. The molecule has 18 heavy (non-hydrogen) atoms. The molecule has 0 bridgehead atoms. The Morgan fingerprint density at radius 2 is 1.89 bits per heavy atom. The number of likely N-dealkylation sites (tertiary alicyclic amines) is 1. The number of carboxylic acids is 1. The first kappa shape index (κ1) is 13.3. The summed E-state index contributed by atoms with van der Waals surface area (Å²) in [6, 6.07) is -0.702. The van der Waals surface area contributed by atoms with Gasteiger partial charge in [0.25, 0.3) is 0 Å². The van der Waals surface area contributed by atoms with Crippen LogP contribution in [0.2, 0.25) is 0 Å². The quantitative estimate of drug-likeness (QED) is 0.769. The number of amides is 1. The smallest absolute Gasteiger partial charge is 0.326 e. The average Bonchev–Trinajstić information content (AvgIpc) is 2.75. The van der Waals surface area contributed by atoms with Gasteiger partial charge >= 0.3 is 5.97 Å². The highest BCUT2D eigenvalue weighted by atomic mass is 16.4. The second-order valence-corrected chi connectivity index (χ2v) is 5.76. The number of carbonyl (C=O) groups excluding carboxylic acids is 1. The van der Waals surface area contributed by atoms with Crippen LogP contribution in [0.5, 0.6) is 0 Å². The van der Waals surface area contributed by atoms with E-state index in [2.05, 4.69) is 0 Å². The Balaban J connectivity index is 2.19. The molecular formula is C13H22N2O3. The van der Waals surface area contributed by atoms with Crippen LogP contribution in [0, 0.1) is 5.92 Å². The molecule has 2 atom stereocenters. The van der Waals surface area contributed by atoms with Crippen molar-refractivity contribution >= 4 is 11.9 Å².